The third-order valence-electron chi connectivity index (χ3n) is 2.92. The SMILES string of the molecule is CCCNc1ccnc(C(=O)NCc2ccnn2C)c1. The average Bonchev–Trinajstić information content (AvgIpc) is 2.88. The Morgan fingerprint density at radius 1 is 1.35 bits per heavy atom. The van der Waals surface area contributed by atoms with Gasteiger partial charge in [-0.25, -0.2) is 0 Å². The van der Waals surface area contributed by atoms with Crippen molar-refractivity contribution >= 4 is 11.6 Å². The van der Waals surface area contributed by atoms with Crippen LogP contribution in [-0.4, -0.2) is 27.2 Å². The van der Waals surface area contributed by atoms with Crippen LogP contribution >= 0.6 is 0 Å². The second-order valence-corrected chi connectivity index (χ2v) is 4.49. The van der Waals surface area contributed by atoms with Crippen LogP contribution in [0.4, 0.5) is 5.69 Å². The standard InChI is InChI=1S/C14H19N5O/c1-3-6-15-11-4-7-16-13(9-11)14(20)17-10-12-5-8-18-19(12)2/h4-5,7-9H,3,6,10H2,1-2H3,(H,15,16)(H,17,20). The van der Waals surface area contributed by atoms with Gasteiger partial charge in [-0.15, -0.1) is 0 Å². The highest BCUT2D eigenvalue weighted by Crippen LogP contribution is 2.08. The summed E-state index contributed by atoms with van der Waals surface area (Å²) in [5, 5.41) is 10.1. The number of carbonyl (C=O) groups is 1. The molecular weight excluding hydrogens is 254 g/mol. The maximum Gasteiger partial charge on any atom is 0.270 e. The van der Waals surface area contributed by atoms with Crippen LogP contribution in [0.15, 0.2) is 30.6 Å². The lowest BCUT2D eigenvalue weighted by atomic mass is 10.3. The van der Waals surface area contributed by atoms with Crippen molar-refractivity contribution < 1.29 is 4.79 Å². The minimum Gasteiger partial charge on any atom is -0.385 e. The summed E-state index contributed by atoms with van der Waals surface area (Å²) >= 11 is 0. The van der Waals surface area contributed by atoms with Gasteiger partial charge in [-0.05, 0) is 24.6 Å². The lowest BCUT2D eigenvalue weighted by molar-refractivity contribution is 0.0945. The number of amides is 1. The second kappa shape index (κ2) is 6.70. The number of aryl methyl sites for hydroxylation is 1. The van der Waals surface area contributed by atoms with E-state index < -0.39 is 0 Å². The van der Waals surface area contributed by atoms with E-state index in [-0.39, 0.29) is 5.91 Å². The van der Waals surface area contributed by atoms with E-state index in [1.807, 2.05) is 19.2 Å². The lowest BCUT2D eigenvalue weighted by Gasteiger charge is -2.08. The second-order valence-electron chi connectivity index (χ2n) is 4.49. The van der Waals surface area contributed by atoms with Crippen LogP contribution in [0, 0.1) is 0 Å². The summed E-state index contributed by atoms with van der Waals surface area (Å²) in [6, 6.07) is 5.48. The smallest absolute Gasteiger partial charge is 0.270 e. The number of nitrogens with zero attached hydrogens (tertiary/aromatic N) is 3. The molecule has 0 fully saturated rings. The quantitative estimate of drug-likeness (QED) is 0.838. The Balaban J connectivity index is 1.96. The van der Waals surface area contributed by atoms with Gasteiger partial charge in [0, 0.05) is 31.7 Å². The van der Waals surface area contributed by atoms with Gasteiger partial charge in [0.1, 0.15) is 5.69 Å². The molecule has 0 aliphatic rings. The summed E-state index contributed by atoms with van der Waals surface area (Å²) in [6.45, 7) is 3.40. The molecule has 2 rings (SSSR count). The fourth-order valence-electron chi connectivity index (χ4n) is 1.77. The average molecular weight is 273 g/mol. The molecule has 0 saturated heterocycles. The first-order valence-electron chi connectivity index (χ1n) is 6.65. The summed E-state index contributed by atoms with van der Waals surface area (Å²) in [4.78, 5) is 16.1. The predicted molar refractivity (Wildman–Crippen MR) is 77.4 cm³/mol. The Morgan fingerprint density at radius 3 is 2.90 bits per heavy atom. The van der Waals surface area contributed by atoms with Gasteiger partial charge in [-0.2, -0.15) is 5.10 Å². The molecule has 0 aliphatic carbocycles. The minimum absolute atomic E-state index is 0.189. The number of nitrogens with one attached hydrogen (secondary N) is 2. The minimum atomic E-state index is -0.189. The lowest BCUT2D eigenvalue weighted by Crippen LogP contribution is -2.25. The number of hydrogen-bond donors (Lipinski definition) is 2. The van der Waals surface area contributed by atoms with Gasteiger partial charge < -0.3 is 10.6 Å². The Morgan fingerprint density at radius 2 is 2.20 bits per heavy atom. The van der Waals surface area contributed by atoms with E-state index in [1.54, 1.807) is 23.1 Å². The molecule has 2 N–H and O–H groups in total. The van der Waals surface area contributed by atoms with Gasteiger partial charge in [-0.3, -0.25) is 14.5 Å². The van der Waals surface area contributed by atoms with Crippen LogP contribution in [0.5, 0.6) is 0 Å². The van der Waals surface area contributed by atoms with Gasteiger partial charge in [0.05, 0.1) is 12.2 Å². The monoisotopic (exact) mass is 273 g/mol. The molecule has 0 radical (unpaired) electrons. The first-order valence-corrected chi connectivity index (χ1v) is 6.65. The summed E-state index contributed by atoms with van der Waals surface area (Å²) in [5.41, 5.74) is 2.26. The highest BCUT2D eigenvalue weighted by molar-refractivity contribution is 5.93. The van der Waals surface area contributed by atoms with E-state index >= 15 is 0 Å². The molecule has 20 heavy (non-hydrogen) atoms. The van der Waals surface area contributed by atoms with E-state index in [1.165, 1.54) is 0 Å². The Bertz CT molecular complexity index is 578. The first-order chi connectivity index (χ1) is 9.70. The van der Waals surface area contributed by atoms with Gasteiger partial charge in [0.15, 0.2) is 0 Å². The van der Waals surface area contributed by atoms with Crippen LogP contribution in [0.25, 0.3) is 0 Å². The van der Waals surface area contributed by atoms with E-state index in [0.717, 1.165) is 24.3 Å². The molecule has 2 heterocycles. The molecule has 0 spiro atoms. The van der Waals surface area contributed by atoms with E-state index in [4.69, 9.17) is 0 Å². The normalized spacial score (nSPS) is 10.3. The van der Waals surface area contributed by atoms with Crippen LogP contribution in [-0.2, 0) is 13.6 Å². The largest absolute Gasteiger partial charge is 0.385 e. The number of carbonyl (C=O) groups excluding carboxylic acids is 1. The van der Waals surface area contributed by atoms with Gasteiger partial charge in [0.25, 0.3) is 5.91 Å². The van der Waals surface area contributed by atoms with Crippen molar-refractivity contribution in [2.75, 3.05) is 11.9 Å². The number of hydrogen-bond acceptors (Lipinski definition) is 4. The molecule has 0 aromatic carbocycles. The molecule has 1 amide bonds. The van der Waals surface area contributed by atoms with Crippen molar-refractivity contribution in [1.29, 1.82) is 0 Å². The van der Waals surface area contributed by atoms with Crippen molar-refractivity contribution in [2.24, 2.45) is 7.05 Å². The van der Waals surface area contributed by atoms with E-state index in [9.17, 15) is 4.79 Å². The molecule has 2 aromatic rings. The summed E-state index contributed by atoms with van der Waals surface area (Å²) in [7, 11) is 1.84. The zero-order chi connectivity index (χ0) is 14.4. The fraction of sp³-hybridized carbons (Fsp3) is 0.357. The fourth-order valence-corrected chi connectivity index (χ4v) is 1.77. The maximum atomic E-state index is 12.0. The molecule has 6 nitrogen and oxygen atoms in total. The van der Waals surface area contributed by atoms with Crippen LogP contribution in [0.3, 0.4) is 0 Å². The van der Waals surface area contributed by atoms with Gasteiger partial charge in [0.2, 0.25) is 0 Å². The van der Waals surface area contributed by atoms with E-state index in [0.29, 0.717) is 12.2 Å². The molecule has 0 saturated carbocycles. The van der Waals surface area contributed by atoms with Crippen molar-refractivity contribution in [3.05, 3.63) is 42.0 Å². The number of anilines is 1. The number of aromatic nitrogens is 3. The Kier molecular flexibility index (Phi) is 4.70. The molecule has 106 valence electrons. The third-order valence-corrected chi connectivity index (χ3v) is 2.92. The van der Waals surface area contributed by atoms with Crippen molar-refractivity contribution in [2.45, 2.75) is 19.9 Å². The summed E-state index contributed by atoms with van der Waals surface area (Å²) < 4.78 is 1.73. The van der Waals surface area contributed by atoms with Crippen molar-refractivity contribution in [1.82, 2.24) is 20.1 Å². The van der Waals surface area contributed by atoms with Crippen molar-refractivity contribution in [3.63, 3.8) is 0 Å². The topological polar surface area (TPSA) is 71.8 Å². The van der Waals surface area contributed by atoms with E-state index in [2.05, 4.69) is 27.6 Å². The Hall–Kier alpha value is -2.37. The van der Waals surface area contributed by atoms with Gasteiger partial charge in [-0.1, -0.05) is 6.92 Å². The van der Waals surface area contributed by atoms with Crippen LogP contribution in [0.1, 0.15) is 29.5 Å². The Labute approximate surface area is 118 Å². The molecule has 0 atom stereocenters. The number of pyridine rings is 1. The zero-order valence-electron chi connectivity index (χ0n) is 11.8. The summed E-state index contributed by atoms with van der Waals surface area (Å²) in [5.74, 6) is -0.189. The highest BCUT2D eigenvalue weighted by atomic mass is 16.1. The molecule has 6 heteroatoms. The summed E-state index contributed by atoms with van der Waals surface area (Å²) in [6.07, 6.45) is 4.37. The molecule has 0 unspecified atom stereocenters. The maximum absolute atomic E-state index is 12.0. The molecule has 2 aromatic heterocycles. The molecular formula is C14H19N5O. The van der Waals surface area contributed by atoms with Crippen LogP contribution in [0.2, 0.25) is 0 Å². The first kappa shape index (κ1) is 14.0. The number of rotatable bonds is 6. The molecule has 0 aliphatic heterocycles. The third kappa shape index (κ3) is 3.57. The van der Waals surface area contributed by atoms with Crippen molar-refractivity contribution in [3.8, 4) is 0 Å². The molecule has 0 bridgehead atoms. The zero-order valence-corrected chi connectivity index (χ0v) is 11.8. The van der Waals surface area contributed by atoms with Crippen LogP contribution < -0.4 is 10.6 Å². The predicted octanol–water partition coefficient (Wildman–Crippen LogP) is 1.57. The van der Waals surface area contributed by atoms with Gasteiger partial charge >= 0.3 is 0 Å². The highest BCUT2D eigenvalue weighted by Gasteiger charge is 2.08.